The van der Waals surface area contributed by atoms with Gasteiger partial charge in [0.05, 0.1) is 0 Å². The molecule has 0 unspecified atom stereocenters. The molecule has 2 heteroatoms. The van der Waals surface area contributed by atoms with Crippen molar-refractivity contribution in [3.8, 4) is 0 Å². The molecule has 0 aliphatic carbocycles. The van der Waals surface area contributed by atoms with E-state index in [2.05, 4.69) is 13.2 Å². The molecule has 0 fully saturated rings. The molecular formula is C8H12O2. The molecule has 0 heterocycles. The summed E-state index contributed by atoms with van der Waals surface area (Å²) in [6.45, 7) is 8.45. The zero-order valence-corrected chi connectivity index (χ0v) is 6.09. The van der Waals surface area contributed by atoms with Gasteiger partial charge in [-0.15, -0.1) is 0 Å². The minimum Gasteiger partial charge on any atom is -0.508 e. The number of hydrogen-bond acceptors (Lipinski definition) is 2. The van der Waals surface area contributed by atoms with Crippen LogP contribution < -0.4 is 0 Å². The lowest BCUT2D eigenvalue weighted by Crippen LogP contribution is -1.90. The van der Waals surface area contributed by atoms with E-state index in [1.54, 1.807) is 0 Å². The van der Waals surface area contributed by atoms with Gasteiger partial charge >= 0.3 is 0 Å². The largest absolute Gasteiger partial charge is 0.508 e. The average Bonchev–Trinajstić information content (AvgIpc) is 1.88. The standard InChI is InChI=1S/C8H12O2/c1-4-7(6(3)9)8(10)5-2/h5,9-10H,2-4H2,1H3/b8-7+. The van der Waals surface area contributed by atoms with Crippen molar-refractivity contribution in [3.63, 3.8) is 0 Å². The summed E-state index contributed by atoms with van der Waals surface area (Å²) in [6.07, 6.45) is 1.83. The normalized spacial score (nSPS) is 12.1. The van der Waals surface area contributed by atoms with E-state index in [1.165, 1.54) is 6.08 Å². The van der Waals surface area contributed by atoms with Crippen LogP contribution in [-0.4, -0.2) is 10.2 Å². The number of aliphatic hydroxyl groups excluding tert-OH is 2. The summed E-state index contributed by atoms with van der Waals surface area (Å²) in [5.41, 5.74) is 0.440. The first kappa shape index (κ1) is 8.82. The second kappa shape index (κ2) is 3.77. The Balaban J connectivity index is 4.62. The maximum absolute atomic E-state index is 9.03. The van der Waals surface area contributed by atoms with Crippen LogP contribution >= 0.6 is 0 Å². The molecule has 0 aromatic rings. The fourth-order valence-corrected chi connectivity index (χ4v) is 0.656. The van der Waals surface area contributed by atoms with E-state index < -0.39 is 0 Å². The minimum atomic E-state index is -0.0973. The molecule has 0 aromatic carbocycles. The number of allylic oxidation sites excluding steroid dienone is 2. The zero-order valence-electron chi connectivity index (χ0n) is 6.09. The van der Waals surface area contributed by atoms with Gasteiger partial charge in [0.25, 0.3) is 0 Å². The van der Waals surface area contributed by atoms with Crippen molar-refractivity contribution in [1.82, 2.24) is 0 Å². The summed E-state index contributed by atoms with van der Waals surface area (Å²) < 4.78 is 0. The highest BCUT2D eigenvalue weighted by atomic mass is 16.3. The fraction of sp³-hybridized carbons (Fsp3) is 0.250. The second-order valence-electron chi connectivity index (χ2n) is 1.87. The first-order valence-corrected chi connectivity index (χ1v) is 3.06. The molecular weight excluding hydrogens is 128 g/mol. The van der Waals surface area contributed by atoms with Gasteiger partial charge in [0.1, 0.15) is 11.5 Å². The second-order valence-corrected chi connectivity index (χ2v) is 1.87. The summed E-state index contributed by atoms with van der Waals surface area (Å²) in [7, 11) is 0. The summed E-state index contributed by atoms with van der Waals surface area (Å²) in [5.74, 6) is -0.102. The van der Waals surface area contributed by atoms with Gasteiger partial charge in [0.2, 0.25) is 0 Å². The van der Waals surface area contributed by atoms with Crippen molar-refractivity contribution in [3.05, 3.63) is 36.3 Å². The van der Waals surface area contributed by atoms with E-state index in [-0.39, 0.29) is 11.5 Å². The Hall–Kier alpha value is -1.18. The summed E-state index contributed by atoms with van der Waals surface area (Å²) in [6, 6.07) is 0. The predicted molar refractivity (Wildman–Crippen MR) is 41.9 cm³/mol. The van der Waals surface area contributed by atoms with E-state index in [0.29, 0.717) is 12.0 Å². The van der Waals surface area contributed by atoms with Crippen LogP contribution in [0.3, 0.4) is 0 Å². The molecule has 0 aromatic heterocycles. The van der Waals surface area contributed by atoms with Gasteiger partial charge in [0, 0.05) is 5.57 Å². The van der Waals surface area contributed by atoms with Gasteiger partial charge in [-0.05, 0) is 12.5 Å². The maximum Gasteiger partial charge on any atom is 0.121 e. The molecule has 0 aliphatic rings. The van der Waals surface area contributed by atoms with Crippen molar-refractivity contribution in [2.24, 2.45) is 0 Å². The molecule has 0 aliphatic heterocycles. The molecule has 10 heavy (non-hydrogen) atoms. The SMILES string of the molecule is C=C/C(O)=C(/CC)C(=C)O. The molecule has 2 N–H and O–H groups in total. The highest BCUT2D eigenvalue weighted by molar-refractivity contribution is 5.29. The number of hydrogen-bond donors (Lipinski definition) is 2. The molecule has 0 saturated heterocycles. The van der Waals surface area contributed by atoms with E-state index in [9.17, 15) is 0 Å². The van der Waals surface area contributed by atoms with Gasteiger partial charge < -0.3 is 10.2 Å². The lowest BCUT2D eigenvalue weighted by atomic mass is 10.1. The Morgan fingerprint density at radius 1 is 1.50 bits per heavy atom. The van der Waals surface area contributed by atoms with Crippen molar-refractivity contribution >= 4 is 0 Å². The van der Waals surface area contributed by atoms with Crippen LogP contribution in [-0.2, 0) is 0 Å². The third-order valence-electron chi connectivity index (χ3n) is 1.20. The number of aliphatic hydroxyl groups is 2. The van der Waals surface area contributed by atoms with E-state index >= 15 is 0 Å². The molecule has 0 spiro atoms. The van der Waals surface area contributed by atoms with Crippen LogP contribution in [0, 0.1) is 0 Å². The first-order valence-electron chi connectivity index (χ1n) is 3.06. The molecule has 56 valence electrons. The molecule has 0 saturated carbocycles. The van der Waals surface area contributed by atoms with E-state index in [4.69, 9.17) is 10.2 Å². The zero-order chi connectivity index (χ0) is 8.15. The lowest BCUT2D eigenvalue weighted by molar-refractivity contribution is 0.389. The van der Waals surface area contributed by atoms with Gasteiger partial charge in [-0.1, -0.05) is 20.1 Å². The van der Waals surface area contributed by atoms with E-state index in [0.717, 1.165) is 0 Å². The third-order valence-corrected chi connectivity index (χ3v) is 1.20. The summed E-state index contributed by atoms with van der Waals surface area (Å²) in [5, 5.41) is 17.9. The molecule has 2 nitrogen and oxygen atoms in total. The Bertz CT molecular complexity index is 178. The molecule has 0 radical (unpaired) electrons. The Labute approximate surface area is 60.8 Å². The Morgan fingerprint density at radius 3 is 2.10 bits per heavy atom. The van der Waals surface area contributed by atoms with Crippen LogP contribution in [0.1, 0.15) is 13.3 Å². The third kappa shape index (κ3) is 1.97. The molecule has 0 atom stereocenters. The van der Waals surface area contributed by atoms with Gasteiger partial charge in [-0.3, -0.25) is 0 Å². The average molecular weight is 140 g/mol. The Morgan fingerprint density at radius 2 is 2.00 bits per heavy atom. The topological polar surface area (TPSA) is 40.5 Å². The quantitative estimate of drug-likeness (QED) is 0.467. The van der Waals surface area contributed by atoms with Gasteiger partial charge in [0.15, 0.2) is 0 Å². The number of rotatable bonds is 3. The highest BCUT2D eigenvalue weighted by Crippen LogP contribution is 2.13. The summed E-state index contributed by atoms with van der Waals surface area (Å²) in [4.78, 5) is 0. The van der Waals surface area contributed by atoms with Gasteiger partial charge in [-0.25, -0.2) is 0 Å². The van der Waals surface area contributed by atoms with Crippen molar-refractivity contribution in [1.29, 1.82) is 0 Å². The van der Waals surface area contributed by atoms with Crippen LogP contribution in [0.25, 0.3) is 0 Å². The predicted octanol–water partition coefficient (Wildman–Crippen LogP) is 2.47. The molecule has 0 amide bonds. The minimum absolute atomic E-state index is 0.00463. The van der Waals surface area contributed by atoms with Crippen LogP contribution in [0.4, 0.5) is 0 Å². The van der Waals surface area contributed by atoms with Crippen LogP contribution in [0.5, 0.6) is 0 Å². The van der Waals surface area contributed by atoms with Crippen molar-refractivity contribution < 1.29 is 10.2 Å². The summed E-state index contributed by atoms with van der Waals surface area (Å²) >= 11 is 0. The maximum atomic E-state index is 9.03. The Kier molecular flexibility index (Phi) is 3.33. The monoisotopic (exact) mass is 140 g/mol. The van der Waals surface area contributed by atoms with Crippen LogP contribution in [0.2, 0.25) is 0 Å². The highest BCUT2D eigenvalue weighted by Gasteiger charge is 2.01. The molecule has 0 bridgehead atoms. The van der Waals surface area contributed by atoms with Crippen LogP contribution in [0.15, 0.2) is 36.3 Å². The first-order chi connectivity index (χ1) is 4.63. The molecule has 0 rings (SSSR count). The fourth-order valence-electron chi connectivity index (χ4n) is 0.656. The van der Waals surface area contributed by atoms with Crippen molar-refractivity contribution in [2.75, 3.05) is 0 Å². The smallest absolute Gasteiger partial charge is 0.121 e. The van der Waals surface area contributed by atoms with Crippen molar-refractivity contribution in [2.45, 2.75) is 13.3 Å². The van der Waals surface area contributed by atoms with Gasteiger partial charge in [-0.2, -0.15) is 0 Å². The van der Waals surface area contributed by atoms with E-state index in [1.807, 2.05) is 6.92 Å². The lowest BCUT2D eigenvalue weighted by Gasteiger charge is -2.02.